The van der Waals surface area contributed by atoms with E-state index in [4.69, 9.17) is 9.47 Å². The molecule has 1 heterocycles. The Bertz CT molecular complexity index is 969. The molecule has 188 valence electrons. The predicted octanol–water partition coefficient (Wildman–Crippen LogP) is 5.36. The summed E-state index contributed by atoms with van der Waals surface area (Å²) in [5.74, 6) is 0.0380. The van der Waals surface area contributed by atoms with Gasteiger partial charge in [-0.1, -0.05) is 62.2 Å². The molecule has 6 nitrogen and oxygen atoms in total. The molecule has 1 aliphatic heterocycles. The number of benzene rings is 2. The maximum absolute atomic E-state index is 11.4. The highest BCUT2D eigenvalue weighted by Crippen LogP contribution is 2.42. The first-order chi connectivity index (χ1) is 17.0. The van der Waals surface area contributed by atoms with Crippen molar-refractivity contribution in [3.05, 3.63) is 77.9 Å². The average molecular weight is 479 g/mol. The Hall–Kier alpha value is -2.51. The van der Waals surface area contributed by atoms with E-state index >= 15 is 0 Å². The molecule has 2 aromatic rings. The number of anilines is 1. The molecule has 35 heavy (non-hydrogen) atoms. The number of carbonyl (C=O) groups excluding carboxylic acids is 1. The van der Waals surface area contributed by atoms with Gasteiger partial charge in [-0.15, -0.1) is 6.58 Å². The fourth-order valence-electron chi connectivity index (χ4n) is 5.29. The minimum atomic E-state index is -0.515. The lowest BCUT2D eigenvalue weighted by atomic mass is 9.89. The zero-order valence-electron chi connectivity index (χ0n) is 20.9. The number of ether oxygens (including phenoxy) is 2. The second kappa shape index (κ2) is 12.0. The van der Waals surface area contributed by atoms with Gasteiger partial charge in [0.25, 0.3) is 0 Å². The number of carbonyl (C=O) groups is 1. The number of aliphatic hydroxyl groups is 1. The van der Waals surface area contributed by atoms with E-state index in [9.17, 15) is 9.90 Å². The molecule has 1 aliphatic carbocycles. The van der Waals surface area contributed by atoms with Crippen molar-refractivity contribution in [1.29, 1.82) is 0 Å². The van der Waals surface area contributed by atoms with Gasteiger partial charge >= 0.3 is 0 Å². The second-order valence-corrected chi connectivity index (χ2v) is 9.81. The van der Waals surface area contributed by atoms with E-state index in [0.29, 0.717) is 6.04 Å². The molecule has 1 saturated heterocycles. The molecule has 2 fully saturated rings. The summed E-state index contributed by atoms with van der Waals surface area (Å²) in [7, 11) is 0. The zero-order chi connectivity index (χ0) is 24.8. The lowest BCUT2D eigenvalue weighted by Crippen LogP contribution is -2.47. The van der Waals surface area contributed by atoms with E-state index in [1.807, 2.05) is 54.6 Å². The number of nitrogens with one attached hydrogen (secondary N) is 1. The molecule has 0 spiro atoms. The summed E-state index contributed by atoms with van der Waals surface area (Å²) in [6, 6.07) is 16.2. The quantitative estimate of drug-likeness (QED) is 0.475. The van der Waals surface area contributed by atoms with Crippen LogP contribution in [0.25, 0.3) is 0 Å². The minimum absolute atomic E-state index is 0.0214. The third kappa shape index (κ3) is 6.39. The molecule has 1 amide bonds. The maximum Gasteiger partial charge on any atom is 0.221 e. The average Bonchev–Trinajstić information content (AvgIpc) is 3.40. The number of hydrogen-bond acceptors (Lipinski definition) is 5. The summed E-state index contributed by atoms with van der Waals surface area (Å²) in [5, 5.41) is 12.3. The molecule has 4 atom stereocenters. The Morgan fingerprint density at radius 3 is 2.34 bits per heavy atom. The molecule has 0 radical (unpaired) electrons. The van der Waals surface area contributed by atoms with Crippen LogP contribution in [0.1, 0.15) is 68.6 Å². The number of rotatable bonds is 9. The first-order valence-corrected chi connectivity index (χ1v) is 12.7. The van der Waals surface area contributed by atoms with Crippen molar-refractivity contribution in [2.24, 2.45) is 5.92 Å². The molecular formula is C29H38N2O4. The molecule has 2 aliphatic rings. The molecule has 1 saturated carbocycles. The van der Waals surface area contributed by atoms with Crippen LogP contribution < -0.4 is 5.32 Å². The summed E-state index contributed by atoms with van der Waals surface area (Å²) in [4.78, 5) is 13.9. The maximum atomic E-state index is 11.4. The third-order valence-corrected chi connectivity index (χ3v) is 7.25. The van der Waals surface area contributed by atoms with E-state index in [0.717, 1.165) is 35.5 Å². The number of nitrogens with zero attached hydrogens (tertiary/aromatic N) is 1. The van der Waals surface area contributed by atoms with Crippen LogP contribution in [0.15, 0.2) is 61.2 Å². The summed E-state index contributed by atoms with van der Waals surface area (Å²) in [6.07, 6.45) is 6.33. The highest BCUT2D eigenvalue weighted by atomic mass is 16.7. The Balaban J connectivity index is 1.59. The van der Waals surface area contributed by atoms with E-state index in [1.165, 1.54) is 32.6 Å². The molecular weight excluding hydrogens is 440 g/mol. The Morgan fingerprint density at radius 2 is 1.74 bits per heavy atom. The third-order valence-electron chi connectivity index (χ3n) is 7.25. The topological polar surface area (TPSA) is 71.0 Å². The Kier molecular flexibility index (Phi) is 8.74. The van der Waals surface area contributed by atoms with E-state index in [-0.39, 0.29) is 30.6 Å². The van der Waals surface area contributed by atoms with Crippen LogP contribution in [0.3, 0.4) is 0 Å². The number of hydrogen-bond donors (Lipinski definition) is 2. The fourth-order valence-corrected chi connectivity index (χ4v) is 5.29. The molecule has 4 unspecified atom stereocenters. The van der Waals surface area contributed by atoms with Gasteiger partial charge in [0.2, 0.25) is 5.91 Å². The first-order valence-electron chi connectivity index (χ1n) is 12.7. The van der Waals surface area contributed by atoms with Gasteiger partial charge in [0.1, 0.15) is 0 Å². The lowest BCUT2D eigenvalue weighted by Gasteiger charge is -2.43. The van der Waals surface area contributed by atoms with Crippen molar-refractivity contribution in [1.82, 2.24) is 4.90 Å². The van der Waals surface area contributed by atoms with Crippen LogP contribution in [0.4, 0.5) is 5.69 Å². The highest BCUT2D eigenvalue weighted by molar-refractivity contribution is 5.88. The van der Waals surface area contributed by atoms with Gasteiger partial charge in [-0.25, -0.2) is 0 Å². The highest BCUT2D eigenvalue weighted by Gasteiger charge is 2.40. The molecule has 4 rings (SSSR count). The monoisotopic (exact) mass is 478 g/mol. The van der Waals surface area contributed by atoms with Crippen LogP contribution in [-0.2, 0) is 20.9 Å². The van der Waals surface area contributed by atoms with Crippen LogP contribution in [-0.4, -0.2) is 41.1 Å². The zero-order valence-corrected chi connectivity index (χ0v) is 20.9. The predicted molar refractivity (Wildman–Crippen MR) is 138 cm³/mol. The van der Waals surface area contributed by atoms with Crippen LogP contribution in [0, 0.1) is 5.92 Å². The molecule has 2 aromatic carbocycles. The van der Waals surface area contributed by atoms with Crippen molar-refractivity contribution in [3.63, 3.8) is 0 Å². The normalized spacial score (nSPS) is 25.0. The summed E-state index contributed by atoms with van der Waals surface area (Å²) in [6.45, 7) is 9.40. The van der Waals surface area contributed by atoms with Crippen LogP contribution in [0.2, 0.25) is 0 Å². The van der Waals surface area contributed by atoms with Gasteiger partial charge in [0, 0.05) is 43.2 Å². The molecule has 0 aromatic heterocycles. The lowest BCUT2D eigenvalue weighted by molar-refractivity contribution is -0.276. The van der Waals surface area contributed by atoms with Gasteiger partial charge < -0.3 is 19.9 Å². The van der Waals surface area contributed by atoms with Gasteiger partial charge in [-0.05, 0) is 36.1 Å². The summed E-state index contributed by atoms with van der Waals surface area (Å²) in [5.41, 5.74) is 3.63. The fraction of sp³-hybridized carbons (Fsp3) is 0.483. The van der Waals surface area contributed by atoms with Gasteiger partial charge in [0.05, 0.1) is 18.8 Å². The van der Waals surface area contributed by atoms with Crippen LogP contribution >= 0.6 is 0 Å². The minimum Gasteiger partial charge on any atom is -0.392 e. The molecule has 0 bridgehead atoms. The van der Waals surface area contributed by atoms with Crippen molar-refractivity contribution in [2.45, 2.75) is 70.7 Å². The van der Waals surface area contributed by atoms with Gasteiger partial charge in [-0.2, -0.15) is 0 Å². The van der Waals surface area contributed by atoms with Gasteiger partial charge in [0.15, 0.2) is 6.29 Å². The van der Waals surface area contributed by atoms with E-state index < -0.39 is 6.29 Å². The van der Waals surface area contributed by atoms with Crippen LogP contribution in [0.5, 0.6) is 0 Å². The Morgan fingerprint density at radius 1 is 1.09 bits per heavy atom. The number of aliphatic hydroxyl groups excluding tert-OH is 1. The SMILES string of the molecule is C=CCN(CC1OC(c2ccc(NC(C)=O)cc2)OC(c2ccc(CO)cc2)C1C)C1CCCC1. The van der Waals surface area contributed by atoms with Crippen molar-refractivity contribution in [2.75, 3.05) is 18.4 Å². The molecule has 2 N–H and O–H groups in total. The van der Waals surface area contributed by atoms with Crippen molar-refractivity contribution in [3.8, 4) is 0 Å². The largest absolute Gasteiger partial charge is 0.392 e. The van der Waals surface area contributed by atoms with Crippen molar-refractivity contribution < 1.29 is 19.4 Å². The van der Waals surface area contributed by atoms with Crippen molar-refractivity contribution >= 4 is 11.6 Å². The summed E-state index contributed by atoms with van der Waals surface area (Å²) >= 11 is 0. The second-order valence-electron chi connectivity index (χ2n) is 9.81. The Labute approximate surface area is 208 Å². The van der Waals surface area contributed by atoms with Gasteiger partial charge in [-0.3, -0.25) is 9.69 Å². The van der Waals surface area contributed by atoms with E-state index in [1.54, 1.807) is 0 Å². The first kappa shape index (κ1) is 25.6. The smallest absolute Gasteiger partial charge is 0.221 e. The van der Waals surface area contributed by atoms with E-state index in [2.05, 4.69) is 23.7 Å². The number of amides is 1. The molecule has 6 heteroatoms. The standard InChI is InChI=1S/C29H38N2O4/c1-4-17-31(26-7-5-6-8-26)18-27-20(2)28(23-11-9-22(19-32)10-12-23)35-29(34-27)24-13-15-25(16-14-24)30-21(3)33/h4,9-16,20,26-29,32H,1,5-8,17-19H2,2-3H3,(H,30,33). The summed E-state index contributed by atoms with van der Waals surface area (Å²) < 4.78 is 13.2.